The highest BCUT2D eigenvalue weighted by Crippen LogP contribution is 2.01. The molecule has 0 aliphatic carbocycles. The van der Waals surface area contributed by atoms with E-state index >= 15 is 0 Å². The van der Waals surface area contributed by atoms with Crippen LogP contribution >= 0.6 is 24.8 Å². The first kappa shape index (κ1) is 19.7. The van der Waals surface area contributed by atoms with Crippen molar-refractivity contribution < 1.29 is 18.1 Å². The molecule has 0 aromatic carbocycles. The molecule has 0 bridgehead atoms. The molecular formula is C8H20Cl2N2O4S. The number of halogens is 2. The standard InChI is InChI=1S/C8H18N2O4S.2ClH/c11-7-5-9-1-3-10(4-2-9)6-8-15(12,13)14;;/h11H,1-8H2,(H,12,13,14);2*1H. The maximum Gasteiger partial charge on any atom is 0.266 e. The summed E-state index contributed by atoms with van der Waals surface area (Å²) in [6, 6.07) is 0. The van der Waals surface area contributed by atoms with Crippen LogP contribution in [0.3, 0.4) is 0 Å². The van der Waals surface area contributed by atoms with E-state index < -0.39 is 10.1 Å². The van der Waals surface area contributed by atoms with Crippen LogP contribution in [-0.4, -0.2) is 79.5 Å². The lowest BCUT2D eigenvalue weighted by Crippen LogP contribution is -2.48. The van der Waals surface area contributed by atoms with Crippen molar-refractivity contribution in [3.8, 4) is 0 Å². The van der Waals surface area contributed by atoms with Crippen molar-refractivity contribution in [2.24, 2.45) is 0 Å². The summed E-state index contributed by atoms with van der Waals surface area (Å²) in [6.07, 6.45) is 0. The van der Waals surface area contributed by atoms with E-state index in [0.29, 0.717) is 13.1 Å². The van der Waals surface area contributed by atoms with Crippen LogP contribution in [0.15, 0.2) is 0 Å². The average molecular weight is 311 g/mol. The number of β-amino-alcohol motifs (C(OH)–C–C–N with tert-alkyl or cyclic N) is 1. The number of rotatable bonds is 5. The van der Waals surface area contributed by atoms with E-state index in [1.54, 1.807) is 0 Å². The highest BCUT2D eigenvalue weighted by Gasteiger charge is 2.17. The number of hydrogen-bond donors (Lipinski definition) is 2. The quantitative estimate of drug-likeness (QED) is 0.655. The van der Waals surface area contributed by atoms with Crippen molar-refractivity contribution in [2.75, 3.05) is 51.6 Å². The molecule has 1 saturated heterocycles. The van der Waals surface area contributed by atoms with Crippen LogP contribution in [0.5, 0.6) is 0 Å². The molecule has 1 rings (SSSR count). The van der Waals surface area contributed by atoms with Crippen molar-refractivity contribution in [3.05, 3.63) is 0 Å². The fourth-order valence-corrected chi connectivity index (χ4v) is 2.11. The molecule has 1 aliphatic heterocycles. The molecule has 0 atom stereocenters. The molecular weight excluding hydrogens is 291 g/mol. The minimum absolute atomic E-state index is 0. The molecule has 0 unspecified atom stereocenters. The average Bonchev–Trinajstić information content (AvgIpc) is 2.16. The Kier molecular flexibility index (Phi) is 10.8. The number of nitrogens with zero attached hydrogens (tertiary/aromatic N) is 2. The second-order valence-corrected chi connectivity index (χ2v) is 5.27. The Morgan fingerprint density at radius 2 is 1.35 bits per heavy atom. The van der Waals surface area contributed by atoms with E-state index in [1.807, 2.05) is 4.90 Å². The summed E-state index contributed by atoms with van der Waals surface area (Å²) in [6.45, 7) is 4.46. The Labute approximate surface area is 115 Å². The van der Waals surface area contributed by atoms with Crippen LogP contribution in [0.25, 0.3) is 0 Å². The molecule has 0 aromatic rings. The summed E-state index contributed by atoms with van der Waals surface area (Å²) >= 11 is 0. The molecule has 1 heterocycles. The molecule has 0 saturated carbocycles. The van der Waals surface area contributed by atoms with Gasteiger partial charge in [-0.15, -0.1) is 24.8 Å². The van der Waals surface area contributed by atoms with Gasteiger partial charge in [0, 0.05) is 39.3 Å². The van der Waals surface area contributed by atoms with Gasteiger partial charge in [0.05, 0.1) is 12.4 Å². The molecule has 9 heteroatoms. The SMILES string of the molecule is Cl.Cl.O=S(=O)(O)CCN1CCN(CCO)CC1. The number of aliphatic hydroxyl groups is 1. The minimum Gasteiger partial charge on any atom is -0.395 e. The largest absolute Gasteiger partial charge is 0.395 e. The summed E-state index contributed by atoms with van der Waals surface area (Å²) in [5.74, 6) is -0.201. The van der Waals surface area contributed by atoms with Crippen molar-refractivity contribution in [1.29, 1.82) is 0 Å². The molecule has 6 nitrogen and oxygen atoms in total. The summed E-state index contributed by atoms with van der Waals surface area (Å²) < 4.78 is 29.6. The number of piperazine rings is 1. The zero-order chi connectivity index (χ0) is 11.3. The van der Waals surface area contributed by atoms with Gasteiger partial charge in [0.1, 0.15) is 0 Å². The van der Waals surface area contributed by atoms with Crippen LogP contribution < -0.4 is 0 Å². The second kappa shape index (κ2) is 9.32. The molecule has 1 fully saturated rings. The summed E-state index contributed by atoms with van der Waals surface area (Å²) in [5.41, 5.74) is 0. The fraction of sp³-hybridized carbons (Fsp3) is 1.00. The van der Waals surface area contributed by atoms with Gasteiger partial charge < -0.3 is 5.11 Å². The van der Waals surface area contributed by atoms with E-state index in [1.165, 1.54) is 0 Å². The van der Waals surface area contributed by atoms with Crippen LogP contribution in [0, 0.1) is 0 Å². The van der Waals surface area contributed by atoms with Gasteiger partial charge in [0.25, 0.3) is 10.1 Å². The van der Waals surface area contributed by atoms with Crippen molar-refractivity contribution >= 4 is 34.9 Å². The number of hydrogen-bond acceptors (Lipinski definition) is 5. The smallest absolute Gasteiger partial charge is 0.266 e. The number of aliphatic hydroxyl groups excluding tert-OH is 1. The lowest BCUT2D eigenvalue weighted by molar-refractivity contribution is 0.116. The molecule has 0 radical (unpaired) electrons. The lowest BCUT2D eigenvalue weighted by Gasteiger charge is -2.33. The van der Waals surface area contributed by atoms with E-state index in [-0.39, 0.29) is 37.2 Å². The molecule has 0 spiro atoms. The zero-order valence-electron chi connectivity index (χ0n) is 9.49. The van der Waals surface area contributed by atoms with E-state index in [9.17, 15) is 8.42 Å². The first-order valence-electron chi connectivity index (χ1n) is 5.02. The minimum atomic E-state index is -3.84. The van der Waals surface area contributed by atoms with Gasteiger partial charge in [-0.2, -0.15) is 8.42 Å². The predicted molar refractivity (Wildman–Crippen MR) is 70.9 cm³/mol. The zero-order valence-corrected chi connectivity index (χ0v) is 11.9. The summed E-state index contributed by atoms with van der Waals surface area (Å²) in [5, 5.41) is 8.73. The second-order valence-electron chi connectivity index (χ2n) is 3.69. The normalized spacial score (nSPS) is 18.2. The molecule has 2 N–H and O–H groups in total. The maximum atomic E-state index is 10.5. The first-order valence-corrected chi connectivity index (χ1v) is 6.63. The third kappa shape index (κ3) is 9.01. The highest BCUT2D eigenvalue weighted by molar-refractivity contribution is 7.85. The van der Waals surface area contributed by atoms with Gasteiger partial charge >= 0.3 is 0 Å². The predicted octanol–water partition coefficient (Wildman–Crippen LogP) is -0.672. The molecule has 0 aromatic heterocycles. The first-order chi connectivity index (χ1) is 7.01. The third-order valence-corrected chi connectivity index (χ3v) is 3.25. The highest BCUT2D eigenvalue weighted by atomic mass is 35.5. The van der Waals surface area contributed by atoms with E-state index in [2.05, 4.69) is 4.90 Å². The van der Waals surface area contributed by atoms with E-state index in [0.717, 1.165) is 26.2 Å². The van der Waals surface area contributed by atoms with Gasteiger partial charge in [0.15, 0.2) is 0 Å². The molecule has 106 valence electrons. The Morgan fingerprint density at radius 1 is 0.941 bits per heavy atom. The topological polar surface area (TPSA) is 81.1 Å². The van der Waals surface area contributed by atoms with Crippen molar-refractivity contribution in [2.45, 2.75) is 0 Å². The van der Waals surface area contributed by atoms with Gasteiger partial charge in [-0.25, -0.2) is 0 Å². The lowest BCUT2D eigenvalue weighted by atomic mass is 10.3. The summed E-state index contributed by atoms with van der Waals surface area (Å²) in [4.78, 5) is 4.13. The Morgan fingerprint density at radius 3 is 1.71 bits per heavy atom. The van der Waals surface area contributed by atoms with E-state index in [4.69, 9.17) is 9.66 Å². The molecule has 0 amide bonds. The molecule has 17 heavy (non-hydrogen) atoms. The van der Waals surface area contributed by atoms with Crippen LogP contribution in [-0.2, 0) is 10.1 Å². The Balaban J connectivity index is 0. The van der Waals surface area contributed by atoms with Crippen LogP contribution in [0.2, 0.25) is 0 Å². The van der Waals surface area contributed by atoms with Gasteiger partial charge in [-0.3, -0.25) is 14.4 Å². The van der Waals surface area contributed by atoms with Crippen molar-refractivity contribution in [1.82, 2.24) is 9.80 Å². The monoisotopic (exact) mass is 310 g/mol. The Hall–Kier alpha value is 0.370. The van der Waals surface area contributed by atoms with Gasteiger partial charge in [-0.05, 0) is 0 Å². The third-order valence-electron chi connectivity index (χ3n) is 2.55. The van der Waals surface area contributed by atoms with Crippen molar-refractivity contribution in [3.63, 3.8) is 0 Å². The molecule has 1 aliphatic rings. The van der Waals surface area contributed by atoms with Gasteiger partial charge in [0.2, 0.25) is 0 Å². The van der Waals surface area contributed by atoms with Gasteiger partial charge in [-0.1, -0.05) is 0 Å². The summed E-state index contributed by atoms with van der Waals surface area (Å²) in [7, 11) is -3.84. The Bertz CT molecular complexity index is 281. The van der Waals surface area contributed by atoms with Crippen LogP contribution in [0.4, 0.5) is 0 Å². The fourth-order valence-electron chi connectivity index (χ4n) is 1.62. The van der Waals surface area contributed by atoms with Crippen LogP contribution in [0.1, 0.15) is 0 Å². The maximum absolute atomic E-state index is 10.5.